The zero-order chi connectivity index (χ0) is 13.7. The van der Waals surface area contributed by atoms with Crippen molar-refractivity contribution in [1.82, 2.24) is 0 Å². The molecule has 100 valence electrons. The van der Waals surface area contributed by atoms with Crippen molar-refractivity contribution in [3.05, 3.63) is 28.3 Å². The molecule has 0 fully saturated rings. The Hall–Kier alpha value is -0.670. The largest absolute Gasteiger partial charge is 0.496 e. The number of benzene rings is 1. The summed E-state index contributed by atoms with van der Waals surface area (Å²) in [6, 6.07) is 3.52. The molecule has 18 heavy (non-hydrogen) atoms. The highest BCUT2D eigenvalue weighted by Gasteiger charge is 2.14. The minimum absolute atomic E-state index is 0.0851. The van der Waals surface area contributed by atoms with E-state index >= 15 is 0 Å². The molecule has 0 N–H and O–H groups in total. The van der Waals surface area contributed by atoms with Gasteiger partial charge in [0.1, 0.15) is 5.75 Å². The summed E-state index contributed by atoms with van der Waals surface area (Å²) in [7, 11) is 1.57. The van der Waals surface area contributed by atoms with E-state index in [-0.39, 0.29) is 5.78 Å². The number of hydrogen-bond acceptors (Lipinski definition) is 3. The zero-order valence-corrected chi connectivity index (χ0v) is 12.8. The molecule has 0 amide bonds. The second kappa shape index (κ2) is 7.05. The maximum absolute atomic E-state index is 12.1. The zero-order valence-electron chi connectivity index (χ0n) is 11.2. The van der Waals surface area contributed by atoms with E-state index < -0.39 is 0 Å². The lowest BCUT2D eigenvalue weighted by Gasteiger charge is -2.10. The summed E-state index contributed by atoms with van der Waals surface area (Å²) in [6.45, 7) is 6.14. The Kier molecular flexibility index (Phi) is 6.03. The van der Waals surface area contributed by atoms with Gasteiger partial charge in [-0.25, -0.2) is 0 Å². The Bertz CT molecular complexity index is 430. The third kappa shape index (κ3) is 4.21. The molecular weight excluding hydrogens is 268 g/mol. The molecule has 2 nitrogen and oxygen atoms in total. The van der Waals surface area contributed by atoms with E-state index in [1.54, 1.807) is 24.9 Å². The van der Waals surface area contributed by atoms with E-state index in [4.69, 9.17) is 16.3 Å². The Balaban J connectivity index is 2.81. The van der Waals surface area contributed by atoms with Crippen LogP contribution in [0.15, 0.2) is 12.1 Å². The van der Waals surface area contributed by atoms with Crippen LogP contribution in [0.1, 0.15) is 36.2 Å². The van der Waals surface area contributed by atoms with E-state index in [2.05, 4.69) is 13.8 Å². The first-order valence-electron chi connectivity index (χ1n) is 5.94. The smallest absolute Gasteiger partial charge is 0.167 e. The number of aryl methyl sites for hydroxylation is 1. The molecule has 0 radical (unpaired) electrons. The van der Waals surface area contributed by atoms with Crippen molar-refractivity contribution in [2.45, 2.75) is 32.4 Å². The van der Waals surface area contributed by atoms with Crippen LogP contribution in [0.4, 0.5) is 0 Å². The average Bonchev–Trinajstić information content (AvgIpc) is 2.31. The number of thioether (sulfide) groups is 1. The Morgan fingerprint density at radius 3 is 2.67 bits per heavy atom. The maximum Gasteiger partial charge on any atom is 0.167 e. The van der Waals surface area contributed by atoms with Crippen LogP contribution in [0.5, 0.6) is 5.75 Å². The molecule has 0 unspecified atom stereocenters. The van der Waals surface area contributed by atoms with E-state index in [0.29, 0.717) is 28.0 Å². The monoisotopic (exact) mass is 286 g/mol. The van der Waals surface area contributed by atoms with Gasteiger partial charge in [0.25, 0.3) is 0 Å². The first-order chi connectivity index (χ1) is 8.45. The summed E-state index contributed by atoms with van der Waals surface area (Å²) in [6.07, 6.45) is 0.512. The normalized spacial score (nSPS) is 10.8. The number of Topliss-reactive ketones (excluding diaryl/α,β-unsaturated/α-hetero) is 1. The Morgan fingerprint density at radius 2 is 2.11 bits per heavy atom. The maximum atomic E-state index is 12.1. The molecule has 1 rings (SSSR count). The van der Waals surface area contributed by atoms with Crippen LogP contribution in [-0.2, 0) is 0 Å². The Morgan fingerprint density at radius 1 is 1.44 bits per heavy atom. The predicted octanol–water partition coefficient (Wildman–Crippen LogP) is 4.37. The molecule has 1 aromatic rings. The van der Waals surface area contributed by atoms with Gasteiger partial charge in [0.2, 0.25) is 0 Å². The molecule has 0 aromatic heterocycles. The van der Waals surface area contributed by atoms with Crippen LogP contribution in [0, 0.1) is 6.92 Å². The van der Waals surface area contributed by atoms with Crippen LogP contribution in [0.25, 0.3) is 0 Å². The lowest BCUT2D eigenvalue weighted by molar-refractivity contribution is 0.0986. The Labute approximate surface area is 118 Å². The van der Waals surface area contributed by atoms with Crippen molar-refractivity contribution >= 4 is 29.1 Å². The molecule has 0 saturated heterocycles. The fourth-order valence-corrected chi connectivity index (χ4v) is 2.50. The topological polar surface area (TPSA) is 26.3 Å². The molecule has 0 atom stereocenters. The summed E-state index contributed by atoms with van der Waals surface area (Å²) < 4.78 is 5.24. The van der Waals surface area contributed by atoms with Crippen LogP contribution >= 0.6 is 23.4 Å². The molecule has 0 bridgehead atoms. The van der Waals surface area contributed by atoms with Gasteiger partial charge in [0, 0.05) is 17.2 Å². The van der Waals surface area contributed by atoms with Crippen molar-refractivity contribution in [3.8, 4) is 5.75 Å². The number of ketones is 1. The minimum Gasteiger partial charge on any atom is -0.496 e. The summed E-state index contributed by atoms with van der Waals surface area (Å²) in [5, 5.41) is 1.15. The molecule has 0 aliphatic carbocycles. The third-order valence-corrected chi connectivity index (χ3v) is 4.08. The fraction of sp³-hybridized carbons (Fsp3) is 0.500. The van der Waals surface area contributed by atoms with Crippen LogP contribution in [0.2, 0.25) is 5.02 Å². The molecule has 0 heterocycles. The van der Waals surface area contributed by atoms with E-state index in [1.807, 2.05) is 13.0 Å². The average molecular weight is 287 g/mol. The van der Waals surface area contributed by atoms with Gasteiger partial charge in [-0.15, -0.1) is 0 Å². The lowest BCUT2D eigenvalue weighted by atomic mass is 10.1. The molecule has 0 spiro atoms. The second-order valence-corrected chi connectivity index (χ2v) is 6.49. The number of halogens is 1. The number of methoxy groups -OCH3 is 1. The van der Waals surface area contributed by atoms with Gasteiger partial charge in [0.05, 0.1) is 12.7 Å². The molecule has 0 saturated carbocycles. The third-order valence-electron chi connectivity index (χ3n) is 2.56. The molecule has 4 heteroatoms. The van der Waals surface area contributed by atoms with Gasteiger partial charge in [-0.3, -0.25) is 4.79 Å². The molecule has 0 aliphatic rings. The number of ether oxygens (including phenoxy) is 1. The van der Waals surface area contributed by atoms with E-state index in [1.165, 1.54) is 0 Å². The highest BCUT2D eigenvalue weighted by molar-refractivity contribution is 7.99. The van der Waals surface area contributed by atoms with Crippen molar-refractivity contribution in [1.29, 1.82) is 0 Å². The van der Waals surface area contributed by atoms with E-state index in [0.717, 1.165) is 11.3 Å². The van der Waals surface area contributed by atoms with Gasteiger partial charge in [-0.1, -0.05) is 25.4 Å². The SMILES string of the molecule is COc1cc(C)c(Cl)cc1C(=O)CCSC(C)C. The van der Waals surface area contributed by atoms with E-state index in [9.17, 15) is 4.79 Å². The predicted molar refractivity (Wildman–Crippen MR) is 79.3 cm³/mol. The minimum atomic E-state index is 0.0851. The van der Waals surface area contributed by atoms with Crippen molar-refractivity contribution in [3.63, 3.8) is 0 Å². The van der Waals surface area contributed by atoms with Gasteiger partial charge < -0.3 is 4.74 Å². The highest BCUT2D eigenvalue weighted by Crippen LogP contribution is 2.28. The second-order valence-electron chi connectivity index (χ2n) is 4.39. The molecule has 0 aliphatic heterocycles. The standard InChI is InChI=1S/C14H19ClO2S/c1-9(2)18-6-5-13(16)11-8-12(15)10(3)7-14(11)17-4/h7-9H,5-6H2,1-4H3. The molecular formula is C14H19ClO2S. The lowest BCUT2D eigenvalue weighted by Crippen LogP contribution is -2.05. The van der Waals surface area contributed by atoms with Crippen molar-refractivity contribution < 1.29 is 9.53 Å². The van der Waals surface area contributed by atoms with Gasteiger partial charge in [0.15, 0.2) is 5.78 Å². The fourth-order valence-electron chi connectivity index (χ4n) is 1.56. The highest BCUT2D eigenvalue weighted by atomic mass is 35.5. The summed E-state index contributed by atoms with van der Waals surface area (Å²) in [5.74, 6) is 1.52. The van der Waals surface area contributed by atoms with Crippen molar-refractivity contribution in [2.24, 2.45) is 0 Å². The van der Waals surface area contributed by atoms with Gasteiger partial charge >= 0.3 is 0 Å². The van der Waals surface area contributed by atoms with Crippen LogP contribution in [-0.4, -0.2) is 23.9 Å². The number of carbonyl (C=O) groups excluding carboxylic acids is 1. The van der Waals surface area contributed by atoms with Crippen molar-refractivity contribution in [2.75, 3.05) is 12.9 Å². The summed E-state index contributed by atoms with van der Waals surface area (Å²) in [4.78, 5) is 12.1. The first kappa shape index (κ1) is 15.4. The number of hydrogen-bond donors (Lipinski definition) is 0. The van der Waals surface area contributed by atoms with Crippen LogP contribution in [0.3, 0.4) is 0 Å². The summed E-state index contributed by atoms with van der Waals surface area (Å²) >= 11 is 7.84. The van der Waals surface area contributed by atoms with Gasteiger partial charge in [-0.05, 0) is 29.9 Å². The first-order valence-corrected chi connectivity index (χ1v) is 7.37. The van der Waals surface area contributed by atoms with Gasteiger partial charge in [-0.2, -0.15) is 11.8 Å². The quantitative estimate of drug-likeness (QED) is 0.726. The van der Waals surface area contributed by atoms with Crippen LogP contribution < -0.4 is 4.74 Å². The summed E-state index contributed by atoms with van der Waals surface area (Å²) in [5.41, 5.74) is 1.50. The number of rotatable bonds is 6. The number of carbonyl (C=O) groups is 1. The molecule has 1 aromatic carbocycles.